The van der Waals surface area contributed by atoms with Gasteiger partial charge in [-0.1, -0.05) is 12.1 Å². The van der Waals surface area contributed by atoms with Gasteiger partial charge in [0.2, 0.25) is 0 Å². The SMILES string of the molecule is Cc1cccc(COc2ccc3c(c2)CCC3O)n1. The molecule has 98 valence electrons. The maximum atomic E-state index is 9.76. The molecule has 1 aromatic heterocycles. The van der Waals surface area contributed by atoms with Crippen molar-refractivity contribution in [1.82, 2.24) is 4.98 Å². The molecule has 1 aliphatic carbocycles. The summed E-state index contributed by atoms with van der Waals surface area (Å²) >= 11 is 0. The highest BCUT2D eigenvalue weighted by Gasteiger charge is 2.20. The van der Waals surface area contributed by atoms with Gasteiger partial charge in [0.15, 0.2) is 0 Å². The fraction of sp³-hybridized carbons (Fsp3) is 0.312. The van der Waals surface area contributed by atoms with E-state index in [1.165, 1.54) is 5.56 Å². The highest BCUT2D eigenvalue weighted by atomic mass is 16.5. The Morgan fingerprint density at radius 3 is 3.05 bits per heavy atom. The van der Waals surface area contributed by atoms with Gasteiger partial charge in [0.25, 0.3) is 0 Å². The van der Waals surface area contributed by atoms with Crippen molar-refractivity contribution in [2.24, 2.45) is 0 Å². The third-order valence-corrected chi connectivity index (χ3v) is 3.49. The lowest BCUT2D eigenvalue weighted by atomic mass is 10.1. The molecule has 0 amide bonds. The summed E-state index contributed by atoms with van der Waals surface area (Å²) < 4.78 is 5.76. The average Bonchev–Trinajstić information content (AvgIpc) is 2.78. The third-order valence-electron chi connectivity index (χ3n) is 3.49. The predicted molar refractivity (Wildman–Crippen MR) is 73.0 cm³/mol. The van der Waals surface area contributed by atoms with E-state index in [2.05, 4.69) is 4.98 Å². The Morgan fingerprint density at radius 1 is 1.32 bits per heavy atom. The van der Waals surface area contributed by atoms with Crippen LogP contribution in [0.15, 0.2) is 36.4 Å². The zero-order valence-electron chi connectivity index (χ0n) is 11.0. The molecule has 0 spiro atoms. The lowest BCUT2D eigenvalue weighted by molar-refractivity contribution is 0.180. The van der Waals surface area contributed by atoms with Crippen molar-refractivity contribution in [1.29, 1.82) is 0 Å². The van der Waals surface area contributed by atoms with Crippen LogP contribution >= 0.6 is 0 Å². The molecule has 0 aliphatic heterocycles. The summed E-state index contributed by atoms with van der Waals surface area (Å²) in [4.78, 5) is 4.41. The zero-order chi connectivity index (χ0) is 13.2. The van der Waals surface area contributed by atoms with E-state index >= 15 is 0 Å². The molecule has 1 atom stereocenters. The van der Waals surface area contributed by atoms with Crippen molar-refractivity contribution in [3.8, 4) is 5.75 Å². The van der Waals surface area contributed by atoms with Gasteiger partial charge in [-0.3, -0.25) is 4.98 Å². The minimum atomic E-state index is -0.303. The quantitative estimate of drug-likeness (QED) is 0.917. The number of nitrogens with zero attached hydrogens (tertiary/aromatic N) is 1. The first kappa shape index (κ1) is 12.2. The van der Waals surface area contributed by atoms with Gasteiger partial charge < -0.3 is 9.84 Å². The monoisotopic (exact) mass is 255 g/mol. The Labute approximate surface area is 112 Å². The van der Waals surface area contributed by atoms with Crippen molar-refractivity contribution < 1.29 is 9.84 Å². The number of aryl methyl sites for hydroxylation is 2. The molecule has 0 radical (unpaired) electrons. The lowest BCUT2D eigenvalue weighted by Gasteiger charge is -2.09. The first-order valence-electron chi connectivity index (χ1n) is 6.58. The topological polar surface area (TPSA) is 42.4 Å². The van der Waals surface area contributed by atoms with E-state index in [1.54, 1.807) is 0 Å². The Hall–Kier alpha value is -1.87. The van der Waals surface area contributed by atoms with Crippen LogP contribution in [0.2, 0.25) is 0 Å². The minimum Gasteiger partial charge on any atom is -0.487 e. The summed E-state index contributed by atoms with van der Waals surface area (Å²) in [5.74, 6) is 0.844. The molecule has 1 heterocycles. The second kappa shape index (κ2) is 5.02. The maximum Gasteiger partial charge on any atom is 0.130 e. The van der Waals surface area contributed by atoms with Gasteiger partial charge in [0.1, 0.15) is 12.4 Å². The number of ether oxygens (including phenoxy) is 1. The van der Waals surface area contributed by atoms with Crippen molar-refractivity contribution in [3.05, 3.63) is 58.9 Å². The first-order valence-corrected chi connectivity index (χ1v) is 6.58. The molecular formula is C16H17NO2. The van der Waals surface area contributed by atoms with Crippen LogP contribution in [-0.4, -0.2) is 10.1 Å². The van der Waals surface area contributed by atoms with Gasteiger partial charge in [-0.25, -0.2) is 0 Å². The van der Waals surface area contributed by atoms with Crippen molar-refractivity contribution in [2.45, 2.75) is 32.5 Å². The van der Waals surface area contributed by atoms with E-state index in [-0.39, 0.29) is 6.10 Å². The first-order chi connectivity index (χ1) is 9.22. The van der Waals surface area contributed by atoms with Crippen molar-refractivity contribution >= 4 is 0 Å². The third kappa shape index (κ3) is 2.61. The van der Waals surface area contributed by atoms with E-state index in [0.29, 0.717) is 6.61 Å². The summed E-state index contributed by atoms with van der Waals surface area (Å²) in [6.07, 6.45) is 1.44. The molecule has 3 nitrogen and oxygen atoms in total. The van der Waals surface area contributed by atoms with E-state index in [4.69, 9.17) is 4.74 Å². The number of aliphatic hydroxyl groups is 1. The molecule has 2 aromatic rings. The number of aliphatic hydroxyl groups excluding tert-OH is 1. The molecule has 1 aliphatic rings. The molecule has 3 rings (SSSR count). The van der Waals surface area contributed by atoms with Gasteiger partial charge in [-0.15, -0.1) is 0 Å². The van der Waals surface area contributed by atoms with Crippen LogP contribution < -0.4 is 4.74 Å². The van der Waals surface area contributed by atoms with Crippen LogP contribution in [0.1, 0.15) is 35.0 Å². The van der Waals surface area contributed by atoms with E-state index in [9.17, 15) is 5.11 Å². The highest BCUT2D eigenvalue weighted by Crippen LogP contribution is 2.33. The summed E-state index contributed by atoms with van der Waals surface area (Å²) in [6, 6.07) is 11.8. The van der Waals surface area contributed by atoms with E-state index in [0.717, 1.165) is 35.5 Å². The number of aromatic nitrogens is 1. The van der Waals surface area contributed by atoms with Crippen LogP contribution in [0.5, 0.6) is 5.75 Å². The summed E-state index contributed by atoms with van der Waals surface area (Å²) in [6.45, 7) is 2.45. The van der Waals surface area contributed by atoms with Gasteiger partial charge in [-0.05, 0) is 55.2 Å². The van der Waals surface area contributed by atoms with Gasteiger partial charge in [0, 0.05) is 5.69 Å². The van der Waals surface area contributed by atoms with Crippen LogP contribution in [0.3, 0.4) is 0 Å². The number of benzene rings is 1. The predicted octanol–water partition coefficient (Wildman–Crippen LogP) is 2.95. The van der Waals surface area contributed by atoms with Crippen LogP contribution in [0, 0.1) is 6.92 Å². The molecule has 0 fully saturated rings. The molecule has 1 N–H and O–H groups in total. The minimum absolute atomic E-state index is 0.303. The molecule has 0 saturated carbocycles. The number of rotatable bonds is 3. The van der Waals surface area contributed by atoms with E-state index in [1.807, 2.05) is 43.3 Å². The lowest BCUT2D eigenvalue weighted by Crippen LogP contribution is -1.99. The highest BCUT2D eigenvalue weighted by molar-refractivity contribution is 5.39. The second-order valence-electron chi connectivity index (χ2n) is 4.97. The Kier molecular flexibility index (Phi) is 3.22. The van der Waals surface area contributed by atoms with Crippen molar-refractivity contribution in [3.63, 3.8) is 0 Å². The summed E-state index contributed by atoms with van der Waals surface area (Å²) in [5, 5.41) is 9.76. The summed E-state index contributed by atoms with van der Waals surface area (Å²) in [5.41, 5.74) is 4.17. The van der Waals surface area contributed by atoms with E-state index < -0.39 is 0 Å². The Morgan fingerprint density at radius 2 is 2.21 bits per heavy atom. The average molecular weight is 255 g/mol. The standard InChI is InChI=1S/C16H17NO2/c1-11-3-2-4-13(17-11)10-19-14-6-7-15-12(9-14)5-8-16(15)18/h2-4,6-7,9,16,18H,5,8,10H2,1H3. The largest absolute Gasteiger partial charge is 0.487 e. The fourth-order valence-electron chi connectivity index (χ4n) is 2.50. The smallest absolute Gasteiger partial charge is 0.130 e. The zero-order valence-corrected chi connectivity index (χ0v) is 11.0. The number of pyridine rings is 1. The molecular weight excluding hydrogens is 238 g/mol. The summed E-state index contributed by atoms with van der Waals surface area (Å²) in [7, 11) is 0. The van der Waals surface area contributed by atoms with Crippen molar-refractivity contribution in [2.75, 3.05) is 0 Å². The van der Waals surface area contributed by atoms with Gasteiger partial charge >= 0.3 is 0 Å². The van der Waals surface area contributed by atoms with Gasteiger partial charge in [-0.2, -0.15) is 0 Å². The molecule has 3 heteroatoms. The van der Waals surface area contributed by atoms with Crippen LogP contribution in [-0.2, 0) is 13.0 Å². The molecule has 1 unspecified atom stereocenters. The van der Waals surface area contributed by atoms with Crippen LogP contribution in [0.4, 0.5) is 0 Å². The molecule has 1 aromatic carbocycles. The number of hydrogen-bond acceptors (Lipinski definition) is 3. The Bertz CT molecular complexity index is 595. The molecule has 0 bridgehead atoms. The van der Waals surface area contributed by atoms with Gasteiger partial charge in [0.05, 0.1) is 11.8 Å². The Balaban J connectivity index is 1.71. The maximum absolute atomic E-state index is 9.76. The molecule has 0 saturated heterocycles. The second-order valence-corrected chi connectivity index (χ2v) is 4.97. The van der Waals surface area contributed by atoms with Crippen LogP contribution in [0.25, 0.3) is 0 Å². The number of fused-ring (bicyclic) bond motifs is 1. The normalized spacial score (nSPS) is 17.3. The molecule has 19 heavy (non-hydrogen) atoms. The number of hydrogen-bond donors (Lipinski definition) is 1. The fourth-order valence-corrected chi connectivity index (χ4v) is 2.50.